The molecule has 0 spiro atoms. The van der Waals surface area contributed by atoms with Crippen LogP contribution in [0.25, 0.3) is 0 Å². The third-order valence-corrected chi connectivity index (χ3v) is 5.49. The number of piperazine rings is 1. The minimum Gasteiger partial charge on any atom is -0.376 e. The highest BCUT2D eigenvalue weighted by atomic mass is 79.9. The SMILES string of the molecule is CN(C)c1cnnc(N2CCN(C(=O)c3cc(Br)cs3)CC2)c1. The van der Waals surface area contributed by atoms with Gasteiger partial charge < -0.3 is 14.7 Å². The number of halogens is 1. The number of hydrogen-bond acceptors (Lipinski definition) is 6. The number of nitrogens with zero attached hydrogens (tertiary/aromatic N) is 5. The summed E-state index contributed by atoms with van der Waals surface area (Å²) in [5.41, 5.74) is 1.02. The molecule has 0 unspecified atom stereocenters. The van der Waals surface area contributed by atoms with Gasteiger partial charge in [-0.1, -0.05) is 0 Å². The molecular formula is C15H18BrN5OS. The molecule has 6 nitrogen and oxygen atoms in total. The largest absolute Gasteiger partial charge is 0.376 e. The molecule has 0 aromatic carbocycles. The summed E-state index contributed by atoms with van der Waals surface area (Å²) in [6, 6.07) is 3.91. The smallest absolute Gasteiger partial charge is 0.264 e. The maximum atomic E-state index is 12.5. The fourth-order valence-corrected chi connectivity index (χ4v) is 3.86. The minimum absolute atomic E-state index is 0.105. The zero-order valence-corrected chi connectivity index (χ0v) is 15.5. The molecule has 1 saturated heterocycles. The predicted molar refractivity (Wildman–Crippen MR) is 96.5 cm³/mol. The van der Waals surface area contributed by atoms with Crippen LogP contribution in [0.15, 0.2) is 28.2 Å². The highest BCUT2D eigenvalue weighted by Crippen LogP contribution is 2.23. The highest BCUT2D eigenvalue weighted by Gasteiger charge is 2.24. The summed E-state index contributed by atoms with van der Waals surface area (Å²) in [5, 5.41) is 10.2. The molecule has 3 heterocycles. The summed E-state index contributed by atoms with van der Waals surface area (Å²) in [4.78, 5) is 19.3. The average Bonchev–Trinajstić information content (AvgIpc) is 3.01. The number of rotatable bonds is 3. The van der Waals surface area contributed by atoms with Crippen LogP contribution in [-0.4, -0.2) is 61.3 Å². The van der Waals surface area contributed by atoms with E-state index in [0.29, 0.717) is 13.1 Å². The molecule has 0 saturated carbocycles. The lowest BCUT2D eigenvalue weighted by molar-refractivity contribution is 0.0751. The Bertz CT molecular complexity index is 697. The van der Waals surface area contributed by atoms with Crippen molar-refractivity contribution < 1.29 is 4.79 Å². The zero-order valence-electron chi connectivity index (χ0n) is 13.1. The molecule has 0 N–H and O–H groups in total. The van der Waals surface area contributed by atoms with E-state index in [-0.39, 0.29) is 5.91 Å². The van der Waals surface area contributed by atoms with Gasteiger partial charge in [-0.2, -0.15) is 5.10 Å². The normalized spacial score (nSPS) is 14.9. The maximum absolute atomic E-state index is 12.5. The molecular weight excluding hydrogens is 378 g/mol. The van der Waals surface area contributed by atoms with Crippen LogP contribution in [0.3, 0.4) is 0 Å². The van der Waals surface area contributed by atoms with Gasteiger partial charge in [0, 0.05) is 56.2 Å². The Morgan fingerprint density at radius 2 is 2.00 bits per heavy atom. The van der Waals surface area contributed by atoms with E-state index in [1.807, 2.05) is 41.4 Å². The van der Waals surface area contributed by atoms with E-state index >= 15 is 0 Å². The lowest BCUT2D eigenvalue weighted by Crippen LogP contribution is -2.49. The average molecular weight is 396 g/mol. The van der Waals surface area contributed by atoms with Gasteiger partial charge in [0.15, 0.2) is 5.82 Å². The molecule has 1 amide bonds. The van der Waals surface area contributed by atoms with Crippen LogP contribution < -0.4 is 9.80 Å². The summed E-state index contributed by atoms with van der Waals surface area (Å²) in [6.07, 6.45) is 1.75. The van der Waals surface area contributed by atoms with Crippen molar-refractivity contribution in [2.24, 2.45) is 0 Å². The molecule has 8 heteroatoms. The number of carbonyl (C=O) groups is 1. The molecule has 2 aromatic rings. The summed E-state index contributed by atoms with van der Waals surface area (Å²) in [6.45, 7) is 2.93. The first kappa shape index (κ1) is 16.2. The Balaban J connectivity index is 1.64. The Labute approximate surface area is 147 Å². The molecule has 0 aliphatic carbocycles. The molecule has 122 valence electrons. The van der Waals surface area contributed by atoms with E-state index in [9.17, 15) is 4.79 Å². The fraction of sp³-hybridized carbons (Fsp3) is 0.400. The van der Waals surface area contributed by atoms with Gasteiger partial charge in [-0.3, -0.25) is 4.79 Å². The van der Waals surface area contributed by atoms with Crippen LogP contribution in [0, 0.1) is 0 Å². The van der Waals surface area contributed by atoms with Crippen LogP contribution in [-0.2, 0) is 0 Å². The van der Waals surface area contributed by atoms with Crippen LogP contribution in [0.2, 0.25) is 0 Å². The molecule has 0 atom stereocenters. The van der Waals surface area contributed by atoms with Gasteiger partial charge in [0.05, 0.1) is 16.8 Å². The van der Waals surface area contributed by atoms with Crippen molar-refractivity contribution in [2.75, 3.05) is 50.1 Å². The second-order valence-corrected chi connectivity index (χ2v) is 7.40. The topological polar surface area (TPSA) is 52.6 Å². The number of carbonyl (C=O) groups excluding carboxylic acids is 1. The highest BCUT2D eigenvalue weighted by molar-refractivity contribution is 9.10. The third-order valence-electron chi connectivity index (χ3n) is 3.81. The molecule has 1 aliphatic heterocycles. The van der Waals surface area contributed by atoms with E-state index < -0.39 is 0 Å². The number of thiophene rings is 1. The maximum Gasteiger partial charge on any atom is 0.264 e. The Hall–Kier alpha value is -1.67. The Morgan fingerprint density at radius 3 is 2.61 bits per heavy atom. The lowest BCUT2D eigenvalue weighted by atomic mass is 10.3. The number of amides is 1. The lowest BCUT2D eigenvalue weighted by Gasteiger charge is -2.35. The van der Waals surface area contributed by atoms with Gasteiger partial charge in [-0.25, -0.2) is 0 Å². The molecule has 1 fully saturated rings. The van der Waals surface area contributed by atoms with Crippen molar-refractivity contribution in [3.05, 3.63) is 33.1 Å². The van der Waals surface area contributed by atoms with Crippen LogP contribution >= 0.6 is 27.3 Å². The monoisotopic (exact) mass is 395 g/mol. The summed E-state index contributed by atoms with van der Waals surface area (Å²) in [7, 11) is 3.97. The summed E-state index contributed by atoms with van der Waals surface area (Å²) >= 11 is 4.87. The third kappa shape index (κ3) is 3.64. The predicted octanol–water partition coefficient (Wildman–Crippen LogP) is 2.33. The zero-order chi connectivity index (χ0) is 16.4. The molecule has 3 rings (SSSR count). The molecule has 0 bridgehead atoms. The van der Waals surface area contributed by atoms with Crippen molar-refractivity contribution >= 4 is 44.7 Å². The molecule has 23 heavy (non-hydrogen) atoms. The first-order valence-corrected chi connectivity index (χ1v) is 9.00. The standard InChI is InChI=1S/C15H18BrN5OS/c1-19(2)12-8-14(18-17-9-12)20-3-5-21(6-4-20)15(22)13-7-11(16)10-23-13/h7-10H,3-6H2,1-2H3. The second kappa shape index (κ2) is 6.84. The minimum atomic E-state index is 0.105. The molecule has 1 aliphatic rings. The Morgan fingerprint density at radius 1 is 1.26 bits per heavy atom. The number of hydrogen-bond donors (Lipinski definition) is 0. The van der Waals surface area contributed by atoms with Crippen LogP contribution in [0.1, 0.15) is 9.67 Å². The van der Waals surface area contributed by atoms with E-state index in [4.69, 9.17) is 0 Å². The van der Waals surface area contributed by atoms with Gasteiger partial charge >= 0.3 is 0 Å². The van der Waals surface area contributed by atoms with Gasteiger partial charge in [0.1, 0.15) is 0 Å². The van der Waals surface area contributed by atoms with Crippen molar-refractivity contribution in [1.29, 1.82) is 0 Å². The summed E-state index contributed by atoms with van der Waals surface area (Å²) < 4.78 is 0.959. The second-order valence-electron chi connectivity index (χ2n) is 5.57. The fourth-order valence-electron chi connectivity index (χ4n) is 2.46. The number of anilines is 2. The van der Waals surface area contributed by atoms with E-state index in [0.717, 1.165) is 33.9 Å². The summed E-state index contributed by atoms with van der Waals surface area (Å²) in [5.74, 6) is 0.968. The van der Waals surface area contributed by atoms with Gasteiger partial charge in [-0.05, 0) is 22.0 Å². The molecule has 0 radical (unpaired) electrons. The van der Waals surface area contributed by atoms with E-state index in [2.05, 4.69) is 31.0 Å². The van der Waals surface area contributed by atoms with Crippen molar-refractivity contribution in [3.8, 4) is 0 Å². The van der Waals surface area contributed by atoms with E-state index in [1.54, 1.807) is 6.20 Å². The molecule has 2 aromatic heterocycles. The van der Waals surface area contributed by atoms with Gasteiger partial charge in [-0.15, -0.1) is 16.4 Å². The van der Waals surface area contributed by atoms with Gasteiger partial charge in [0.2, 0.25) is 0 Å². The quantitative estimate of drug-likeness (QED) is 0.797. The van der Waals surface area contributed by atoms with Crippen LogP contribution in [0.5, 0.6) is 0 Å². The van der Waals surface area contributed by atoms with Crippen molar-refractivity contribution in [3.63, 3.8) is 0 Å². The van der Waals surface area contributed by atoms with Crippen molar-refractivity contribution in [2.45, 2.75) is 0 Å². The number of aromatic nitrogens is 2. The first-order chi connectivity index (χ1) is 11.0. The Kier molecular flexibility index (Phi) is 4.82. The van der Waals surface area contributed by atoms with Gasteiger partial charge in [0.25, 0.3) is 5.91 Å². The van der Waals surface area contributed by atoms with Crippen molar-refractivity contribution in [1.82, 2.24) is 15.1 Å². The first-order valence-electron chi connectivity index (χ1n) is 7.33. The van der Waals surface area contributed by atoms with E-state index in [1.165, 1.54) is 11.3 Å². The van der Waals surface area contributed by atoms with Crippen LogP contribution in [0.4, 0.5) is 11.5 Å².